The number of fused-ring (bicyclic) bond motifs is 1. The lowest BCUT2D eigenvalue weighted by Gasteiger charge is -2.14. The van der Waals surface area contributed by atoms with Crippen LogP contribution in [0.1, 0.15) is 24.1 Å². The minimum atomic E-state index is 0.514. The smallest absolute Gasteiger partial charge is 0.0518 e. The van der Waals surface area contributed by atoms with Crippen molar-refractivity contribution in [3.8, 4) is 0 Å². The maximum absolute atomic E-state index is 3.52. The van der Waals surface area contributed by atoms with Crippen LogP contribution in [-0.2, 0) is 0 Å². The summed E-state index contributed by atoms with van der Waals surface area (Å²) in [5.41, 5.74) is 4.25. The quantitative estimate of drug-likeness (QED) is 0.768. The van der Waals surface area contributed by atoms with E-state index in [9.17, 15) is 0 Å². The molecule has 2 heteroatoms. The molecule has 0 amide bonds. The molecule has 0 spiro atoms. The van der Waals surface area contributed by atoms with E-state index in [4.69, 9.17) is 0 Å². The van der Waals surface area contributed by atoms with Crippen LogP contribution in [0.5, 0.6) is 0 Å². The summed E-state index contributed by atoms with van der Waals surface area (Å²) in [7, 11) is 2.17. The van der Waals surface area contributed by atoms with Crippen LogP contribution >= 0.6 is 0 Å². The third-order valence-corrected chi connectivity index (χ3v) is 2.93. The standard InChI is InChI=1S/C12H18N2/c1-4-13-11-8-14(3)12-9(2)6-5-7-10(11)12/h5-7,11,13H,4,8H2,1-3H3. The second-order valence-corrected chi connectivity index (χ2v) is 4.00. The maximum Gasteiger partial charge on any atom is 0.0518 e. The van der Waals surface area contributed by atoms with Gasteiger partial charge in [-0.3, -0.25) is 0 Å². The molecule has 0 bridgehead atoms. The van der Waals surface area contributed by atoms with E-state index in [1.165, 1.54) is 16.8 Å². The van der Waals surface area contributed by atoms with Gasteiger partial charge in [-0.25, -0.2) is 0 Å². The molecular weight excluding hydrogens is 172 g/mol. The molecule has 1 aliphatic heterocycles. The molecule has 1 unspecified atom stereocenters. The van der Waals surface area contributed by atoms with Gasteiger partial charge in [0.25, 0.3) is 0 Å². The molecule has 0 aliphatic carbocycles. The molecule has 1 aromatic carbocycles. The minimum Gasteiger partial charge on any atom is -0.372 e. The van der Waals surface area contributed by atoms with E-state index >= 15 is 0 Å². The van der Waals surface area contributed by atoms with Crippen molar-refractivity contribution >= 4 is 5.69 Å². The van der Waals surface area contributed by atoms with Crippen LogP contribution in [0.2, 0.25) is 0 Å². The zero-order chi connectivity index (χ0) is 10.1. The number of rotatable bonds is 2. The summed E-state index contributed by atoms with van der Waals surface area (Å²) in [5.74, 6) is 0. The zero-order valence-corrected chi connectivity index (χ0v) is 9.17. The number of nitrogens with one attached hydrogen (secondary N) is 1. The molecule has 0 aromatic heterocycles. The molecule has 76 valence electrons. The van der Waals surface area contributed by atoms with E-state index in [-0.39, 0.29) is 0 Å². The number of nitrogens with zero attached hydrogens (tertiary/aromatic N) is 1. The Balaban J connectivity index is 2.39. The van der Waals surface area contributed by atoms with Crippen LogP contribution in [0.15, 0.2) is 18.2 Å². The van der Waals surface area contributed by atoms with Crippen LogP contribution < -0.4 is 10.2 Å². The number of hydrogen-bond donors (Lipinski definition) is 1. The summed E-state index contributed by atoms with van der Waals surface area (Å²) in [6.45, 7) is 6.47. The average Bonchev–Trinajstić information content (AvgIpc) is 2.46. The Morgan fingerprint density at radius 1 is 1.50 bits per heavy atom. The van der Waals surface area contributed by atoms with E-state index in [0.717, 1.165) is 13.1 Å². The minimum absolute atomic E-state index is 0.514. The summed E-state index contributed by atoms with van der Waals surface area (Å²) in [4.78, 5) is 2.35. The summed E-state index contributed by atoms with van der Waals surface area (Å²) in [6.07, 6.45) is 0. The van der Waals surface area contributed by atoms with Gasteiger partial charge >= 0.3 is 0 Å². The van der Waals surface area contributed by atoms with Crippen LogP contribution in [0.25, 0.3) is 0 Å². The number of para-hydroxylation sites is 1. The lowest BCUT2D eigenvalue weighted by atomic mass is 10.1. The monoisotopic (exact) mass is 190 g/mol. The molecule has 0 fully saturated rings. The van der Waals surface area contributed by atoms with Gasteiger partial charge in [0, 0.05) is 19.3 Å². The predicted octanol–water partition coefficient (Wildman–Crippen LogP) is 2.10. The molecule has 0 saturated carbocycles. The van der Waals surface area contributed by atoms with Crippen molar-refractivity contribution in [1.29, 1.82) is 0 Å². The van der Waals surface area contributed by atoms with E-state index in [1.807, 2.05) is 0 Å². The van der Waals surface area contributed by atoms with Crippen LogP contribution in [0, 0.1) is 6.92 Å². The molecule has 1 aromatic rings. The summed E-state index contributed by atoms with van der Waals surface area (Å²) >= 11 is 0. The van der Waals surface area contributed by atoms with Crippen LogP contribution in [0.4, 0.5) is 5.69 Å². The Hall–Kier alpha value is -1.02. The van der Waals surface area contributed by atoms with Gasteiger partial charge < -0.3 is 10.2 Å². The predicted molar refractivity (Wildman–Crippen MR) is 60.9 cm³/mol. The Bertz CT molecular complexity index is 333. The fraction of sp³-hybridized carbons (Fsp3) is 0.500. The third kappa shape index (κ3) is 1.40. The normalized spacial score (nSPS) is 19.9. The first-order valence-electron chi connectivity index (χ1n) is 5.28. The van der Waals surface area contributed by atoms with Crippen LogP contribution in [-0.4, -0.2) is 20.1 Å². The highest BCUT2D eigenvalue weighted by Crippen LogP contribution is 2.35. The van der Waals surface area contributed by atoms with Crippen LogP contribution in [0.3, 0.4) is 0 Å². The summed E-state index contributed by atoms with van der Waals surface area (Å²) in [5, 5.41) is 3.52. The van der Waals surface area contributed by atoms with Gasteiger partial charge in [0.15, 0.2) is 0 Å². The maximum atomic E-state index is 3.52. The molecule has 1 heterocycles. The highest BCUT2D eigenvalue weighted by molar-refractivity contribution is 5.64. The number of hydrogen-bond acceptors (Lipinski definition) is 2. The average molecular weight is 190 g/mol. The molecule has 1 aliphatic rings. The number of anilines is 1. The van der Waals surface area contributed by atoms with Crippen molar-refractivity contribution in [2.75, 3.05) is 25.0 Å². The first-order valence-corrected chi connectivity index (χ1v) is 5.28. The lowest BCUT2D eigenvalue weighted by Crippen LogP contribution is -2.25. The SMILES string of the molecule is CCNC1CN(C)c2c(C)cccc21. The van der Waals surface area contributed by atoms with Gasteiger partial charge in [0.2, 0.25) is 0 Å². The fourth-order valence-electron chi connectivity index (χ4n) is 2.37. The first kappa shape index (κ1) is 9.53. The molecule has 14 heavy (non-hydrogen) atoms. The van der Waals surface area contributed by atoms with Crippen molar-refractivity contribution in [1.82, 2.24) is 5.32 Å². The van der Waals surface area contributed by atoms with Crippen molar-refractivity contribution in [2.24, 2.45) is 0 Å². The molecule has 0 saturated heterocycles. The van der Waals surface area contributed by atoms with Gasteiger partial charge in [-0.15, -0.1) is 0 Å². The number of aryl methyl sites for hydroxylation is 1. The largest absolute Gasteiger partial charge is 0.372 e. The summed E-state index contributed by atoms with van der Waals surface area (Å²) < 4.78 is 0. The number of likely N-dealkylation sites (N-methyl/N-ethyl adjacent to an activating group) is 2. The lowest BCUT2D eigenvalue weighted by molar-refractivity contribution is 0.579. The highest BCUT2D eigenvalue weighted by Gasteiger charge is 2.26. The van der Waals surface area contributed by atoms with E-state index in [2.05, 4.69) is 49.3 Å². The van der Waals surface area contributed by atoms with Crippen molar-refractivity contribution in [3.05, 3.63) is 29.3 Å². The van der Waals surface area contributed by atoms with Crippen molar-refractivity contribution in [3.63, 3.8) is 0 Å². The fourth-order valence-corrected chi connectivity index (χ4v) is 2.37. The molecule has 2 nitrogen and oxygen atoms in total. The third-order valence-electron chi connectivity index (χ3n) is 2.93. The van der Waals surface area contributed by atoms with Gasteiger partial charge in [-0.2, -0.15) is 0 Å². The van der Waals surface area contributed by atoms with Crippen molar-refractivity contribution in [2.45, 2.75) is 19.9 Å². The molecule has 0 radical (unpaired) electrons. The Morgan fingerprint density at radius 2 is 2.29 bits per heavy atom. The Labute approximate surface area is 85.9 Å². The summed E-state index contributed by atoms with van der Waals surface area (Å²) in [6, 6.07) is 7.08. The molecule has 1 atom stereocenters. The topological polar surface area (TPSA) is 15.3 Å². The number of benzene rings is 1. The van der Waals surface area contributed by atoms with Crippen molar-refractivity contribution < 1.29 is 0 Å². The van der Waals surface area contributed by atoms with E-state index in [1.54, 1.807) is 0 Å². The van der Waals surface area contributed by atoms with Gasteiger partial charge in [-0.1, -0.05) is 25.1 Å². The second kappa shape index (κ2) is 3.62. The Kier molecular flexibility index (Phi) is 2.46. The van der Waals surface area contributed by atoms with Gasteiger partial charge in [0.1, 0.15) is 0 Å². The molecular formula is C12H18N2. The van der Waals surface area contributed by atoms with Gasteiger partial charge in [-0.05, 0) is 24.6 Å². The van der Waals surface area contributed by atoms with E-state index in [0.29, 0.717) is 6.04 Å². The Morgan fingerprint density at radius 3 is 3.00 bits per heavy atom. The highest BCUT2D eigenvalue weighted by atomic mass is 15.2. The first-order chi connectivity index (χ1) is 6.74. The van der Waals surface area contributed by atoms with Gasteiger partial charge in [0.05, 0.1) is 6.04 Å². The van der Waals surface area contributed by atoms with E-state index < -0.39 is 0 Å². The molecule has 2 rings (SSSR count). The molecule has 1 N–H and O–H groups in total. The second-order valence-electron chi connectivity index (χ2n) is 4.00. The zero-order valence-electron chi connectivity index (χ0n) is 9.17.